The molecule has 0 aromatic carbocycles. The molecule has 0 aliphatic carbocycles. The Balaban J connectivity index is 2.25. The Bertz CT molecular complexity index is 276. The van der Waals surface area contributed by atoms with Gasteiger partial charge in [-0.05, 0) is 49.1 Å². The Hall–Kier alpha value is -0.610. The van der Waals surface area contributed by atoms with E-state index in [1.165, 1.54) is 0 Å². The van der Waals surface area contributed by atoms with Crippen LogP contribution >= 0.6 is 15.9 Å². The van der Waals surface area contributed by atoms with Gasteiger partial charge in [0.25, 0.3) is 0 Å². The number of nitrogens with zero attached hydrogens (tertiary/aromatic N) is 2. The monoisotopic (exact) mass is 257 g/mol. The van der Waals surface area contributed by atoms with Gasteiger partial charge in [-0.3, -0.25) is 4.98 Å². The van der Waals surface area contributed by atoms with Gasteiger partial charge in [-0.1, -0.05) is 0 Å². The van der Waals surface area contributed by atoms with E-state index in [9.17, 15) is 0 Å². The summed E-state index contributed by atoms with van der Waals surface area (Å²) in [6.45, 7) is 2.09. The number of rotatable bonds is 5. The lowest BCUT2D eigenvalue weighted by molar-refractivity contribution is 0.405. The number of pyridine rings is 1. The molecular weight excluding hydrogens is 242 g/mol. The van der Waals surface area contributed by atoms with Crippen LogP contribution in [0.25, 0.3) is 0 Å². The van der Waals surface area contributed by atoms with Crippen LogP contribution in [0.15, 0.2) is 22.9 Å². The van der Waals surface area contributed by atoms with Crippen LogP contribution in [0.3, 0.4) is 0 Å². The number of halogens is 1. The zero-order valence-electron chi connectivity index (χ0n) is 8.63. The summed E-state index contributed by atoms with van der Waals surface area (Å²) in [4.78, 5) is 6.26. The molecule has 0 amide bonds. The fourth-order valence-electron chi connectivity index (χ4n) is 1.14. The van der Waals surface area contributed by atoms with Crippen molar-refractivity contribution in [3.05, 3.63) is 22.9 Å². The lowest BCUT2D eigenvalue weighted by Gasteiger charge is -2.10. The van der Waals surface area contributed by atoms with E-state index in [1.54, 1.807) is 6.20 Å². The summed E-state index contributed by atoms with van der Waals surface area (Å²) in [6.07, 6.45) is 4.75. The van der Waals surface area contributed by atoms with Crippen LogP contribution in [0.5, 0.6) is 0 Å². The quantitative estimate of drug-likeness (QED) is 0.821. The topological polar surface area (TPSA) is 28.2 Å². The molecule has 0 spiro atoms. The van der Waals surface area contributed by atoms with Gasteiger partial charge in [-0.15, -0.1) is 0 Å². The van der Waals surface area contributed by atoms with E-state index in [2.05, 4.69) is 45.2 Å². The first-order chi connectivity index (χ1) is 6.68. The summed E-state index contributed by atoms with van der Waals surface area (Å²) in [5.74, 6) is 0. The highest BCUT2D eigenvalue weighted by Gasteiger charge is 1.94. The number of aromatic nitrogens is 1. The predicted octanol–water partition coefficient (Wildman–Crippen LogP) is 2.21. The van der Waals surface area contributed by atoms with E-state index in [0.29, 0.717) is 0 Å². The van der Waals surface area contributed by atoms with Crippen LogP contribution in [-0.2, 0) is 0 Å². The third kappa shape index (κ3) is 4.58. The molecule has 14 heavy (non-hydrogen) atoms. The largest absolute Gasteiger partial charge is 0.384 e. The second-order valence-electron chi connectivity index (χ2n) is 3.48. The van der Waals surface area contributed by atoms with Gasteiger partial charge in [0.2, 0.25) is 0 Å². The van der Waals surface area contributed by atoms with Gasteiger partial charge in [0.1, 0.15) is 0 Å². The fraction of sp³-hybridized carbons (Fsp3) is 0.500. The van der Waals surface area contributed by atoms with E-state index in [4.69, 9.17) is 0 Å². The Morgan fingerprint density at radius 3 is 2.86 bits per heavy atom. The molecule has 0 saturated carbocycles. The van der Waals surface area contributed by atoms with E-state index < -0.39 is 0 Å². The first-order valence-corrected chi connectivity index (χ1v) is 5.47. The smallest absolute Gasteiger partial charge is 0.0538 e. The van der Waals surface area contributed by atoms with Crippen LogP contribution < -0.4 is 5.32 Å². The molecule has 1 heterocycles. The van der Waals surface area contributed by atoms with Gasteiger partial charge >= 0.3 is 0 Å². The maximum atomic E-state index is 4.08. The van der Waals surface area contributed by atoms with Gasteiger partial charge in [0, 0.05) is 17.2 Å². The van der Waals surface area contributed by atoms with E-state index in [0.717, 1.165) is 29.7 Å². The minimum atomic E-state index is 0.982. The summed E-state index contributed by atoms with van der Waals surface area (Å²) >= 11 is 3.38. The van der Waals surface area contributed by atoms with Crippen molar-refractivity contribution in [3.63, 3.8) is 0 Å². The highest BCUT2D eigenvalue weighted by Crippen LogP contribution is 2.13. The van der Waals surface area contributed by atoms with Crippen LogP contribution in [0, 0.1) is 0 Å². The molecule has 0 aliphatic rings. The lowest BCUT2D eigenvalue weighted by Crippen LogP contribution is -2.16. The van der Waals surface area contributed by atoms with Gasteiger partial charge in [0.05, 0.1) is 11.9 Å². The van der Waals surface area contributed by atoms with Crippen molar-refractivity contribution in [2.24, 2.45) is 0 Å². The molecule has 0 saturated heterocycles. The fourth-order valence-corrected chi connectivity index (χ4v) is 1.50. The van der Waals surface area contributed by atoms with Gasteiger partial charge in [0.15, 0.2) is 0 Å². The molecule has 0 unspecified atom stereocenters. The minimum absolute atomic E-state index is 0.982. The molecule has 78 valence electrons. The molecule has 4 heteroatoms. The summed E-state index contributed by atoms with van der Waals surface area (Å²) < 4.78 is 1.01. The first kappa shape index (κ1) is 11.5. The standard InChI is InChI=1S/C10H16BrN3/c1-14(2)5-3-4-13-10-6-9(11)7-12-8-10/h6-8,13H,3-5H2,1-2H3. The van der Waals surface area contributed by atoms with Crippen LogP contribution in [0.1, 0.15) is 6.42 Å². The summed E-state index contributed by atoms with van der Waals surface area (Å²) in [5.41, 5.74) is 1.07. The van der Waals surface area contributed by atoms with Crippen molar-refractivity contribution < 1.29 is 0 Å². The second kappa shape index (κ2) is 5.98. The number of anilines is 1. The zero-order chi connectivity index (χ0) is 10.4. The normalized spacial score (nSPS) is 10.6. The molecule has 0 radical (unpaired) electrons. The van der Waals surface area contributed by atoms with Crippen LogP contribution in [0.2, 0.25) is 0 Å². The molecule has 0 fully saturated rings. The zero-order valence-corrected chi connectivity index (χ0v) is 10.2. The highest BCUT2D eigenvalue weighted by molar-refractivity contribution is 9.10. The number of nitrogens with one attached hydrogen (secondary N) is 1. The second-order valence-corrected chi connectivity index (χ2v) is 4.39. The Morgan fingerprint density at radius 1 is 1.43 bits per heavy atom. The first-order valence-electron chi connectivity index (χ1n) is 4.67. The average molecular weight is 258 g/mol. The predicted molar refractivity (Wildman–Crippen MR) is 63.6 cm³/mol. The molecule has 1 N–H and O–H groups in total. The Kier molecular flexibility index (Phi) is 4.90. The number of hydrogen-bond acceptors (Lipinski definition) is 3. The highest BCUT2D eigenvalue weighted by atomic mass is 79.9. The maximum absolute atomic E-state index is 4.08. The van der Waals surface area contributed by atoms with Crippen molar-refractivity contribution in [3.8, 4) is 0 Å². The molecule has 0 atom stereocenters. The van der Waals surface area contributed by atoms with E-state index in [1.807, 2.05) is 12.3 Å². The SMILES string of the molecule is CN(C)CCCNc1cncc(Br)c1. The molecular formula is C10H16BrN3. The Morgan fingerprint density at radius 2 is 2.21 bits per heavy atom. The lowest BCUT2D eigenvalue weighted by atomic mass is 10.3. The van der Waals surface area contributed by atoms with Crippen molar-refractivity contribution in [2.75, 3.05) is 32.5 Å². The summed E-state index contributed by atoms with van der Waals surface area (Å²) in [5, 5.41) is 3.32. The van der Waals surface area contributed by atoms with Crippen LogP contribution in [0.4, 0.5) is 5.69 Å². The van der Waals surface area contributed by atoms with Crippen LogP contribution in [-0.4, -0.2) is 37.1 Å². The minimum Gasteiger partial charge on any atom is -0.384 e. The third-order valence-electron chi connectivity index (χ3n) is 1.82. The maximum Gasteiger partial charge on any atom is 0.0538 e. The molecule has 0 bridgehead atoms. The van der Waals surface area contributed by atoms with Gasteiger partial charge < -0.3 is 10.2 Å². The van der Waals surface area contributed by atoms with Crippen molar-refractivity contribution >= 4 is 21.6 Å². The molecule has 1 rings (SSSR count). The van der Waals surface area contributed by atoms with Gasteiger partial charge in [-0.25, -0.2) is 0 Å². The van der Waals surface area contributed by atoms with Crippen molar-refractivity contribution in [1.82, 2.24) is 9.88 Å². The number of hydrogen-bond donors (Lipinski definition) is 1. The Labute approximate surface area is 93.7 Å². The summed E-state index contributed by atoms with van der Waals surface area (Å²) in [6, 6.07) is 2.03. The van der Waals surface area contributed by atoms with Crippen molar-refractivity contribution in [1.29, 1.82) is 0 Å². The van der Waals surface area contributed by atoms with Crippen molar-refractivity contribution in [2.45, 2.75) is 6.42 Å². The summed E-state index contributed by atoms with van der Waals surface area (Å²) in [7, 11) is 4.17. The molecule has 1 aromatic rings. The van der Waals surface area contributed by atoms with E-state index in [-0.39, 0.29) is 0 Å². The average Bonchev–Trinajstić information content (AvgIpc) is 2.12. The molecule has 3 nitrogen and oxygen atoms in total. The molecule has 0 aliphatic heterocycles. The molecule has 1 aromatic heterocycles. The van der Waals surface area contributed by atoms with Gasteiger partial charge in [-0.2, -0.15) is 0 Å². The van der Waals surface area contributed by atoms with E-state index >= 15 is 0 Å². The third-order valence-corrected chi connectivity index (χ3v) is 2.25.